The Kier molecular flexibility index (Phi) is 10.6. The maximum Gasteiger partial charge on any atom is 0.340 e. The van der Waals surface area contributed by atoms with Crippen LogP contribution in [0.5, 0.6) is 0 Å². The van der Waals surface area contributed by atoms with E-state index in [1.807, 2.05) is 47.6 Å². The van der Waals surface area contributed by atoms with E-state index in [2.05, 4.69) is 41.0 Å². The third kappa shape index (κ3) is 7.64. The number of rotatable bonds is 8. The van der Waals surface area contributed by atoms with Gasteiger partial charge in [-0.3, -0.25) is 9.97 Å². The maximum atomic E-state index is 15.0. The molecule has 0 fully saturated rings. The highest BCUT2D eigenvalue weighted by Gasteiger charge is 2.23. The van der Waals surface area contributed by atoms with Crippen LogP contribution < -0.4 is 0 Å². The third-order valence-electron chi connectivity index (χ3n) is 7.63. The van der Waals surface area contributed by atoms with Gasteiger partial charge in [-0.2, -0.15) is 9.36 Å². The molecule has 2 aromatic carbocycles. The molecule has 4 aromatic heterocycles. The van der Waals surface area contributed by atoms with Crippen LogP contribution in [0.2, 0.25) is 0 Å². The number of methoxy groups -OCH3 is 1. The molecule has 0 bridgehead atoms. The Hall–Kier alpha value is -6.32. The Labute approximate surface area is 291 Å². The van der Waals surface area contributed by atoms with Crippen molar-refractivity contribution in [2.45, 2.75) is 53.4 Å². The molecule has 0 spiro atoms. The monoisotopic (exact) mass is 696 g/mol. The summed E-state index contributed by atoms with van der Waals surface area (Å²) in [6.45, 7) is 11.4. The highest BCUT2D eigenvalue weighted by molar-refractivity contribution is 5.92. The number of carbonyl (C=O) groups is 2. The van der Waals surface area contributed by atoms with Gasteiger partial charge in [-0.1, -0.05) is 39.8 Å². The van der Waals surface area contributed by atoms with E-state index in [4.69, 9.17) is 4.74 Å². The molecule has 0 unspecified atom stereocenters. The zero-order valence-corrected chi connectivity index (χ0v) is 28.8. The highest BCUT2D eigenvalue weighted by Crippen LogP contribution is 2.30. The van der Waals surface area contributed by atoms with Crippen molar-refractivity contribution in [2.75, 3.05) is 7.11 Å². The van der Waals surface area contributed by atoms with Gasteiger partial charge in [-0.15, -0.1) is 10.2 Å². The summed E-state index contributed by atoms with van der Waals surface area (Å²) in [7, 11) is 1.20. The third-order valence-corrected chi connectivity index (χ3v) is 7.63. The summed E-state index contributed by atoms with van der Waals surface area (Å²) in [4.78, 5) is 32.0. The Bertz CT molecular complexity index is 2200. The van der Waals surface area contributed by atoms with E-state index in [-0.39, 0.29) is 28.5 Å². The average molecular weight is 697 g/mol. The van der Waals surface area contributed by atoms with Gasteiger partial charge in [0.05, 0.1) is 41.0 Å². The van der Waals surface area contributed by atoms with Gasteiger partial charge in [0, 0.05) is 35.4 Å². The van der Waals surface area contributed by atoms with Gasteiger partial charge >= 0.3 is 11.9 Å². The number of aromatic carboxylic acids is 1. The molecule has 0 saturated carbocycles. The molecule has 6 rings (SSSR count). The molecule has 6 aromatic rings. The molecule has 51 heavy (non-hydrogen) atoms. The molecule has 0 amide bonds. The Morgan fingerprint density at radius 1 is 0.706 bits per heavy atom. The van der Waals surface area contributed by atoms with E-state index in [9.17, 15) is 23.5 Å². The lowest BCUT2D eigenvalue weighted by Crippen LogP contribution is -2.11. The number of halogens is 2. The zero-order valence-electron chi connectivity index (χ0n) is 28.8. The molecule has 0 aliphatic heterocycles. The number of aryl methyl sites for hydroxylation is 2. The first kappa shape index (κ1) is 36.0. The average Bonchev–Trinajstić information content (AvgIpc) is 3.81. The topological polar surface area (TPSA) is 177 Å². The van der Waals surface area contributed by atoms with Gasteiger partial charge in [0.1, 0.15) is 11.6 Å². The number of hydrogen-bond donors (Lipinski definition) is 1. The first-order valence-corrected chi connectivity index (χ1v) is 15.7. The summed E-state index contributed by atoms with van der Waals surface area (Å²) in [6.07, 6.45) is 3.23. The molecule has 14 nitrogen and oxygen atoms in total. The van der Waals surface area contributed by atoms with E-state index in [1.54, 1.807) is 36.7 Å². The van der Waals surface area contributed by atoms with Crippen molar-refractivity contribution in [1.29, 1.82) is 0 Å². The predicted molar refractivity (Wildman–Crippen MR) is 181 cm³/mol. The number of carbonyl (C=O) groups excluding carboxylic acids is 1. The van der Waals surface area contributed by atoms with E-state index in [0.29, 0.717) is 34.4 Å². The van der Waals surface area contributed by atoms with Crippen LogP contribution in [-0.2, 0) is 4.74 Å². The number of benzene rings is 2. The molecular formula is C35H34F2N10O4. The second-order valence-corrected chi connectivity index (χ2v) is 12.2. The molecular weight excluding hydrogens is 662 g/mol. The molecule has 4 heterocycles. The fraction of sp³-hybridized carbons (Fsp3) is 0.257. The molecule has 0 aliphatic carbocycles. The number of aromatic nitrogens is 10. The van der Waals surface area contributed by atoms with Crippen molar-refractivity contribution in [3.63, 3.8) is 0 Å². The van der Waals surface area contributed by atoms with Gasteiger partial charge in [0.25, 0.3) is 0 Å². The largest absolute Gasteiger partial charge is 0.478 e. The molecule has 262 valence electrons. The highest BCUT2D eigenvalue weighted by atomic mass is 19.1. The summed E-state index contributed by atoms with van der Waals surface area (Å²) in [5, 5.41) is 32.5. The minimum atomic E-state index is -1.37. The van der Waals surface area contributed by atoms with Crippen LogP contribution in [0.25, 0.3) is 33.9 Å². The van der Waals surface area contributed by atoms with Crippen LogP contribution >= 0.6 is 0 Å². The van der Waals surface area contributed by atoms with Crippen molar-refractivity contribution in [1.82, 2.24) is 50.4 Å². The lowest BCUT2D eigenvalue weighted by Gasteiger charge is -2.12. The Morgan fingerprint density at radius 2 is 1.14 bits per heavy atom. The molecule has 16 heteroatoms. The first-order valence-electron chi connectivity index (χ1n) is 15.7. The number of hydrogen-bond acceptors (Lipinski definition) is 11. The summed E-state index contributed by atoms with van der Waals surface area (Å²) in [6, 6.07) is 12.6. The van der Waals surface area contributed by atoms with Gasteiger partial charge < -0.3 is 9.84 Å². The van der Waals surface area contributed by atoms with Crippen LogP contribution in [0.1, 0.15) is 83.0 Å². The van der Waals surface area contributed by atoms with Crippen molar-refractivity contribution in [3.05, 3.63) is 106 Å². The van der Waals surface area contributed by atoms with Crippen LogP contribution in [0.15, 0.2) is 60.9 Å². The SMILES string of the molecule is COC(=O)c1cc(-n2nnnc2C(C)C)cc(-c2ccc(C)cn2)c1F.Cc1ccc(-c2cc(-n3nnnc3C(C)C)cc(C(=O)O)c2F)nc1. The summed E-state index contributed by atoms with van der Waals surface area (Å²) in [5.41, 5.74) is 3.02. The van der Waals surface area contributed by atoms with Crippen molar-refractivity contribution < 1.29 is 28.2 Å². The maximum absolute atomic E-state index is 15.0. The second-order valence-electron chi connectivity index (χ2n) is 12.2. The van der Waals surface area contributed by atoms with E-state index < -0.39 is 29.1 Å². The van der Waals surface area contributed by atoms with Gasteiger partial charge in [0.15, 0.2) is 11.6 Å². The Balaban J connectivity index is 0.000000198. The van der Waals surface area contributed by atoms with Gasteiger partial charge in [0.2, 0.25) is 0 Å². The molecule has 0 radical (unpaired) electrons. The van der Waals surface area contributed by atoms with Crippen molar-refractivity contribution in [2.24, 2.45) is 0 Å². The number of esters is 1. The summed E-state index contributed by atoms with van der Waals surface area (Å²) in [5.74, 6) is -2.50. The normalized spacial score (nSPS) is 11.0. The summed E-state index contributed by atoms with van der Waals surface area (Å²) < 4.78 is 37.3. The van der Waals surface area contributed by atoms with Crippen LogP contribution in [0, 0.1) is 25.5 Å². The number of pyridine rings is 2. The number of ether oxygens (including phenoxy) is 1. The number of carboxylic acids is 1. The summed E-state index contributed by atoms with van der Waals surface area (Å²) >= 11 is 0. The zero-order chi connectivity index (χ0) is 37.0. The smallest absolute Gasteiger partial charge is 0.340 e. The molecule has 1 N–H and O–H groups in total. The fourth-order valence-corrected chi connectivity index (χ4v) is 4.98. The van der Waals surface area contributed by atoms with E-state index in [0.717, 1.165) is 11.1 Å². The standard InChI is InChI=1S/C18H18FN5O2.C17H16FN5O2/c1-10(2)17-21-22-23-24(17)12-7-13(15-6-5-11(3)9-20-15)16(19)14(8-12)18(25)26-4;1-9(2)16-20-21-22-23(16)11-6-12(14-5-4-10(3)8-19-14)15(18)13(7-11)17(24)25/h5-10H,1-4H3;4-9H,1-3H3,(H,24,25). The number of carboxylic acid groups (broad SMARTS) is 1. The van der Waals surface area contributed by atoms with Crippen LogP contribution in [0.3, 0.4) is 0 Å². The minimum absolute atomic E-state index is 0.00859. The predicted octanol–water partition coefficient (Wildman–Crippen LogP) is 6.08. The number of tetrazole rings is 2. The number of nitrogens with zero attached hydrogens (tertiary/aromatic N) is 10. The minimum Gasteiger partial charge on any atom is -0.478 e. The molecule has 0 atom stereocenters. The van der Waals surface area contributed by atoms with Crippen LogP contribution in [-0.4, -0.2) is 74.5 Å². The Morgan fingerprint density at radius 3 is 1.51 bits per heavy atom. The molecule has 0 aliphatic rings. The fourth-order valence-electron chi connectivity index (χ4n) is 4.98. The van der Waals surface area contributed by atoms with E-state index >= 15 is 0 Å². The van der Waals surface area contributed by atoms with Crippen molar-refractivity contribution >= 4 is 11.9 Å². The lowest BCUT2D eigenvalue weighted by atomic mass is 10.0. The first-order chi connectivity index (χ1) is 24.3. The van der Waals surface area contributed by atoms with Crippen molar-refractivity contribution in [3.8, 4) is 33.9 Å². The van der Waals surface area contributed by atoms with Gasteiger partial charge in [-0.25, -0.2) is 18.4 Å². The molecule has 0 saturated heterocycles. The van der Waals surface area contributed by atoms with Crippen LogP contribution in [0.4, 0.5) is 8.78 Å². The lowest BCUT2D eigenvalue weighted by molar-refractivity contribution is 0.0594. The quantitative estimate of drug-likeness (QED) is 0.182. The van der Waals surface area contributed by atoms with E-state index in [1.165, 1.54) is 34.7 Å². The van der Waals surface area contributed by atoms with Gasteiger partial charge in [-0.05, 0) is 82.2 Å². The second kappa shape index (κ2) is 15.1.